The second kappa shape index (κ2) is 4.67. The summed E-state index contributed by atoms with van der Waals surface area (Å²) in [5.41, 5.74) is 2.74. The van der Waals surface area contributed by atoms with Crippen LogP contribution in [0.4, 0.5) is 5.69 Å². The molecular weight excluding hydrogens is 184 g/mol. The van der Waals surface area contributed by atoms with Crippen LogP contribution in [0.25, 0.3) is 0 Å². The summed E-state index contributed by atoms with van der Waals surface area (Å²) in [7, 11) is 0. The molecular formula is C13H20N2. The number of rotatable bonds is 3. The molecule has 0 saturated carbocycles. The smallest absolute Gasteiger partial charge is 0.0373 e. The van der Waals surface area contributed by atoms with E-state index in [1.54, 1.807) is 0 Å². The minimum absolute atomic E-state index is 0.585. The molecule has 0 spiro atoms. The lowest BCUT2D eigenvalue weighted by molar-refractivity contribution is 0.465. The van der Waals surface area contributed by atoms with Crippen molar-refractivity contribution >= 4 is 5.69 Å². The standard InChI is InChI=1S/C13H20N2/c1-10(2)8-14-12-7-11-5-3-4-6-13(11)15-9-12/h3-6,10,12,14-15H,7-9H2,1-2H3. The van der Waals surface area contributed by atoms with Gasteiger partial charge in [0.2, 0.25) is 0 Å². The van der Waals surface area contributed by atoms with Crippen molar-refractivity contribution in [3.8, 4) is 0 Å². The summed E-state index contributed by atoms with van der Waals surface area (Å²) < 4.78 is 0. The first-order valence-electron chi connectivity index (χ1n) is 5.81. The molecule has 0 amide bonds. The van der Waals surface area contributed by atoms with Gasteiger partial charge in [0.25, 0.3) is 0 Å². The molecule has 1 unspecified atom stereocenters. The summed E-state index contributed by atoms with van der Waals surface area (Å²) >= 11 is 0. The maximum atomic E-state index is 3.60. The lowest BCUT2D eigenvalue weighted by Crippen LogP contribution is -2.41. The first-order chi connectivity index (χ1) is 7.25. The van der Waals surface area contributed by atoms with Crippen LogP contribution in [0.15, 0.2) is 24.3 Å². The minimum Gasteiger partial charge on any atom is -0.383 e. The Morgan fingerprint density at radius 1 is 1.40 bits per heavy atom. The summed E-state index contributed by atoms with van der Waals surface area (Å²) in [6.07, 6.45) is 1.15. The molecule has 0 bridgehead atoms. The van der Waals surface area contributed by atoms with E-state index in [1.165, 1.54) is 11.3 Å². The SMILES string of the molecule is CC(C)CNC1CNc2ccccc2C1. The highest BCUT2D eigenvalue weighted by atomic mass is 15.0. The third-order valence-corrected chi connectivity index (χ3v) is 2.84. The molecule has 1 aliphatic rings. The minimum atomic E-state index is 0.585. The van der Waals surface area contributed by atoms with Crippen molar-refractivity contribution in [3.63, 3.8) is 0 Å². The van der Waals surface area contributed by atoms with Crippen LogP contribution in [0, 0.1) is 5.92 Å². The van der Waals surface area contributed by atoms with E-state index >= 15 is 0 Å². The molecule has 0 aliphatic carbocycles. The summed E-state index contributed by atoms with van der Waals surface area (Å²) in [5.74, 6) is 0.724. The molecule has 1 aromatic rings. The van der Waals surface area contributed by atoms with Crippen LogP contribution in [0.5, 0.6) is 0 Å². The van der Waals surface area contributed by atoms with E-state index < -0.39 is 0 Å². The van der Waals surface area contributed by atoms with Crippen LogP contribution < -0.4 is 10.6 Å². The number of para-hydroxylation sites is 1. The fraction of sp³-hybridized carbons (Fsp3) is 0.538. The highest BCUT2D eigenvalue weighted by Gasteiger charge is 2.16. The molecule has 0 saturated heterocycles. The Bertz CT molecular complexity index is 320. The summed E-state index contributed by atoms with van der Waals surface area (Å²) in [6, 6.07) is 9.17. The average molecular weight is 204 g/mol. The summed E-state index contributed by atoms with van der Waals surface area (Å²) in [4.78, 5) is 0. The second-order valence-corrected chi connectivity index (χ2v) is 4.74. The third kappa shape index (κ3) is 2.72. The van der Waals surface area contributed by atoms with E-state index in [4.69, 9.17) is 0 Å². The lowest BCUT2D eigenvalue weighted by atomic mass is 9.99. The number of hydrogen-bond donors (Lipinski definition) is 2. The number of nitrogens with one attached hydrogen (secondary N) is 2. The predicted molar refractivity (Wildman–Crippen MR) is 65.3 cm³/mol. The van der Waals surface area contributed by atoms with Gasteiger partial charge in [0.15, 0.2) is 0 Å². The van der Waals surface area contributed by atoms with E-state index in [0.717, 1.165) is 25.4 Å². The molecule has 2 nitrogen and oxygen atoms in total. The van der Waals surface area contributed by atoms with Crippen LogP contribution in [0.3, 0.4) is 0 Å². The normalized spacial score (nSPS) is 19.8. The lowest BCUT2D eigenvalue weighted by Gasteiger charge is -2.27. The molecule has 0 fully saturated rings. The average Bonchev–Trinajstić information content (AvgIpc) is 2.26. The van der Waals surface area contributed by atoms with Crippen molar-refractivity contribution in [1.82, 2.24) is 5.32 Å². The van der Waals surface area contributed by atoms with Gasteiger partial charge >= 0.3 is 0 Å². The molecule has 1 aliphatic heterocycles. The zero-order chi connectivity index (χ0) is 10.7. The molecule has 2 heteroatoms. The van der Waals surface area contributed by atoms with Gasteiger partial charge in [0, 0.05) is 18.3 Å². The summed E-state index contributed by atoms with van der Waals surface area (Å²) in [5, 5.41) is 7.07. The maximum Gasteiger partial charge on any atom is 0.0373 e. The number of benzene rings is 1. The first-order valence-corrected chi connectivity index (χ1v) is 5.81. The predicted octanol–water partition coefficient (Wildman–Crippen LogP) is 2.27. The van der Waals surface area contributed by atoms with Gasteiger partial charge in [0.05, 0.1) is 0 Å². The molecule has 1 heterocycles. The number of fused-ring (bicyclic) bond motifs is 1. The van der Waals surface area contributed by atoms with Crippen molar-refractivity contribution < 1.29 is 0 Å². The third-order valence-electron chi connectivity index (χ3n) is 2.84. The monoisotopic (exact) mass is 204 g/mol. The number of anilines is 1. The van der Waals surface area contributed by atoms with Gasteiger partial charge in [-0.15, -0.1) is 0 Å². The van der Waals surface area contributed by atoms with Crippen LogP contribution in [-0.4, -0.2) is 19.1 Å². The van der Waals surface area contributed by atoms with Crippen molar-refractivity contribution in [1.29, 1.82) is 0 Å². The zero-order valence-electron chi connectivity index (χ0n) is 9.59. The molecule has 15 heavy (non-hydrogen) atoms. The van der Waals surface area contributed by atoms with Gasteiger partial charge < -0.3 is 10.6 Å². The first kappa shape index (κ1) is 10.5. The molecule has 2 N–H and O–H groups in total. The second-order valence-electron chi connectivity index (χ2n) is 4.74. The maximum absolute atomic E-state index is 3.60. The Labute approximate surface area is 92.1 Å². The molecule has 2 rings (SSSR count). The van der Waals surface area contributed by atoms with E-state index in [-0.39, 0.29) is 0 Å². The van der Waals surface area contributed by atoms with E-state index in [2.05, 4.69) is 48.7 Å². The van der Waals surface area contributed by atoms with Crippen LogP contribution in [0.2, 0.25) is 0 Å². The quantitative estimate of drug-likeness (QED) is 0.789. The van der Waals surface area contributed by atoms with Crippen LogP contribution in [-0.2, 0) is 6.42 Å². The van der Waals surface area contributed by atoms with Crippen molar-refractivity contribution in [2.24, 2.45) is 5.92 Å². The van der Waals surface area contributed by atoms with E-state index in [1.807, 2.05) is 0 Å². The summed E-state index contributed by atoms with van der Waals surface area (Å²) in [6.45, 7) is 6.65. The largest absolute Gasteiger partial charge is 0.383 e. The van der Waals surface area contributed by atoms with Gasteiger partial charge in [-0.2, -0.15) is 0 Å². The Morgan fingerprint density at radius 2 is 2.20 bits per heavy atom. The van der Waals surface area contributed by atoms with Crippen molar-refractivity contribution in [2.45, 2.75) is 26.3 Å². The van der Waals surface area contributed by atoms with E-state index in [0.29, 0.717) is 6.04 Å². The Morgan fingerprint density at radius 3 is 3.00 bits per heavy atom. The molecule has 1 atom stereocenters. The van der Waals surface area contributed by atoms with Gasteiger partial charge in [-0.25, -0.2) is 0 Å². The number of hydrogen-bond acceptors (Lipinski definition) is 2. The molecule has 0 aromatic heterocycles. The Kier molecular flexibility index (Phi) is 3.27. The highest BCUT2D eigenvalue weighted by Crippen LogP contribution is 2.20. The Balaban J connectivity index is 1.94. The molecule has 82 valence electrons. The fourth-order valence-corrected chi connectivity index (χ4v) is 1.99. The van der Waals surface area contributed by atoms with E-state index in [9.17, 15) is 0 Å². The molecule has 1 aromatic carbocycles. The van der Waals surface area contributed by atoms with Gasteiger partial charge in [-0.1, -0.05) is 32.0 Å². The zero-order valence-corrected chi connectivity index (χ0v) is 9.59. The van der Waals surface area contributed by atoms with Crippen molar-refractivity contribution in [3.05, 3.63) is 29.8 Å². The van der Waals surface area contributed by atoms with Crippen LogP contribution >= 0.6 is 0 Å². The molecule has 0 radical (unpaired) electrons. The Hall–Kier alpha value is -1.02. The van der Waals surface area contributed by atoms with Gasteiger partial charge in [0.1, 0.15) is 0 Å². The van der Waals surface area contributed by atoms with Crippen molar-refractivity contribution in [2.75, 3.05) is 18.4 Å². The van der Waals surface area contributed by atoms with Crippen LogP contribution in [0.1, 0.15) is 19.4 Å². The van der Waals surface area contributed by atoms with Gasteiger partial charge in [-0.3, -0.25) is 0 Å². The fourth-order valence-electron chi connectivity index (χ4n) is 1.99. The highest BCUT2D eigenvalue weighted by molar-refractivity contribution is 5.53. The topological polar surface area (TPSA) is 24.1 Å². The van der Waals surface area contributed by atoms with Gasteiger partial charge in [-0.05, 0) is 30.5 Å².